The van der Waals surface area contributed by atoms with Gasteiger partial charge in [-0.2, -0.15) is 0 Å². The number of halogens is 1. The number of anilines is 2. The van der Waals surface area contributed by atoms with E-state index in [4.69, 9.17) is 0 Å². The fraction of sp³-hybridized carbons (Fsp3) is 0.167. The first-order valence-corrected chi connectivity index (χ1v) is 10.4. The highest BCUT2D eigenvalue weighted by Gasteiger charge is 2.40. The smallest absolute Gasteiger partial charge is 0.282 e. The van der Waals surface area contributed by atoms with Crippen molar-refractivity contribution in [3.8, 4) is 0 Å². The average molecular weight is 421 g/mol. The highest BCUT2D eigenvalue weighted by atomic mass is 32.1. The lowest BCUT2D eigenvalue weighted by molar-refractivity contribution is -0.120. The summed E-state index contributed by atoms with van der Waals surface area (Å²) in [5.74, 6) is -1.29. The van der Waals surface area contributed by atoms with E-state index in [0.29, 0.717) is 21.8 Å². The molecule has 0 saturated carbocycles. The molecule has 0 saturated heterocycles. The number of amides is 2. The second-order valence-electron chi connectivity index (χ2n) is 8.11. The first-order chi connectivity index (χ1) is 14.3. The Labute approximate surface area is 178 Å². The summed E-state index contributed by atoms with van der Waals surface area (Å²) in [7, 11) is 0. The molecule has 2 aromatic carbocycles. The van der Waals surface area contributed by atoms with Crippen LogP contribution in [-0.2, 0) is 15.0 Å². The topological polar surface area (TPSA) is 49.4 Å². The van der Waals surface area contributed by atoms with Crippen molar-refractivity contribution in [2.45, 2.75) is 26.2 Å². The first-order valence-electron chi connectivity index (χ1n) is 9.56. The van der Waals surface area contributed by atoms with E-state index in [1.54, 1.807) is 30.3 Å². The molecule has 1 aromatic heterocycles. The van der Waals surface area contributed by atoms with Crippen molar-refractivity contribution in [1.29, 1.82) is 0 Å². The molecule has 0 atom stereocenters. The van der Waals surface area contributed by atoms with Crippen molar-refractivity contribution in [2.24, 2.45) is 0 Å². The average Bonchev–Trinajstić information content (AvgIpc) is 3.28. The van der Waals surface area contributed by atoms with E-state index < -0.39 is 17.6 Å². The van der Waals surface area contributed by atoms with Crippen molar-refractivity contribution in [3.05, 3.63) is 88.0 Å². The highest BCUT2D eigenvalue weighted by Crippen LogP contribution is 2.36. The molecule has 4 rings (SSSR count). The number of benzene rings is 2. The maximum absolute atomic E-state index is 13.6. The number of thiophene rings is 1. The fourth-order valence-corrected chi connectivity index (χ4v) is 4.12. The van der Waals surface area contributed by atoms with Crippen LogP contribution >= 0.6 is 11.3 Å². The SMILES string of the molecule is CC(C)(C)c1ccc(N2C(=O)C(Nc3cccc(F)c3)=C(c3cccs3)C2=O)cc1. The summed E-state index contributed by atoms with van der Waals surface area (Å²) >= 11 is 1.37. The van der Waals surface area contributed by atoms with Crippen LogP contribution in [-0.4, -0.2) is 11.8 Å². The predicted octanol–water partition coefficient (Wildman–Crippen LogP) is 5.58. The number of imide groups is 1. The first kappa shape index (κ1) is 20.0. The van der Waals surface area contributed by atoms with Crippen LogP contribution in [0.25, 0.3) is 5.57 Å². The quantitative estimate of drug-likeness (QED) is 0.561. The summed E-state index contributed by atoms with van der Waals surface area (Å²) in [6.07, 6.45) is 0. The van der Waals surface area contributed by atoms with Crippen molar-refractivity contribution < 1.29 is 14.0 Å². The van der Waals surface area contributed by atoms with E-state index in [1.165, 1.54) is 28.4 Å². The predicted molar refractivity (Wildman–Crippen MR) is 119 cm³/mol. The third-order valence-electron chi connectivity index (χ3n) is 4.94. The molecule has 0 fully saturated rings. The van der Waals surface area contributed by atoms with Crippen LogP contribution in [0.2, 0.25) is 0 Å². The maximum Gasteiger partial charge on any atom is 0.282 e. The zero-order valence-corrected chi connectivity index (χ0v) is 17.7. The van der Waals surface area contributed by atoms with Gasteiger partial charge in [-0.25, -0.2) is 9.29 Å². The van der Waals surface area contributed by atoms with Gasteiger partial charge in [-0.1, -0.05) is 45.0 Å². The molecule has 2 heterocycles. The van der Waals surface area contributed by atoms with Crippen LogP contribution in [0.4, 0.5) is 15.8 Å². The molecule has 0 spiro atoms. The molecule has 4 nitrogen and oxygen atoms in total. The number of carbonyl (C=O) groups excluding carboxylic acids is 2. The number of carbonyl (C=O) groups is 2. The van der Waals surface area contributed by atoms with Gasteiger partial charge >= 0.3 is 0 Å². The van der Waals surface area contributed by atoms with Crippen LogP contribution in [0.5, 0.6) is 0 Å². The summed E-state index contributed by atoms with van der Waals surface area (Å²) < 4.78 is 13.6. The van der Waals surface area contributed by atoms with Gasteiger partial charge in [-0.3, -0.25) is 9.59 Å². The van der Waals surface area contributed by atoms with Gasteiger partial charge in [0.1, 0.15) is 11.5 Å². The summed E-state index contributed by atoms with van der Waals surface area (Å²) in [6.45, 7) is 6.31. The molecule has 0 radical (unpaired) electrons. The lowest BCUT2D eigenvalue weighted by Gasteiger charge is -2.21. The summed E-state index contributed by atoms with van der Waals surface area (Å²) in [4.78, 5) is 28.4. The fourth-order valence-electron chi connectivity index (χ4n) is 3.35. The minimum absolute atomic E-state index is 0.0396. The molecule has 1 aliphatic rings. The molecule has 0 unspecified atom stereocenters. The van der Waals surface area contributed by atoms with E-state index in [2.05, 4.69) is 26.1 Å². The van der Waals surface area contributed by atoms with Crippen molar-refractivity contribution in [2.75, 3.05) is 10.2 Å². The Kier molecular flexibility index (Phi) is 5.03. The summed E-state index contributed by atoms with van der Waals surface area (Å²) in [5.41, 5.74) is 2.41. The lowest BCUT2D eigenvalue weighted by Crippen LogP contribution is -2.32. The van der Waals surface area contributed by atoms with Crippen LogP contribution in [0.1, 0.15) is 31.2 Å². The lowest BCUT2D eigenvalue weighted by atomic mass is 9.87. The van der Waals surface area contributed by atoms with Crippen LogP contribution in [0.15, 0.2) is 71.7 Å². The van der Waals surface area contributed by atoms with E-state index >= 15 is 0 Å². The second kappa shape index (κ2) is 7.54. The maximum atomic E-state index is 13.6. The molecule has 0 aliphatic carbocycles. The zero-order valence-electron chi connectivity index (χ0n) is 16.9. The molecule has 152 valence electrons. The molecule has 3 aromatic rings. The van der Waals surface area contributed by atoms with E-state index in [0.717, 1.165) is 5.56 Å². The molecular formula is C24H21FN2O2S. The minimum atomic E-state index is -0.462. The van der Waals surface area contributed by atoms with E-state index in [9.17, 15) is 14.0 Å². The molecule has 0 bridgehead atoms. The van der Waals surface area contributed by atoms with Crippen LogP contribution in [0.3, 0.4) is 0 Å². The third-order valence-corrected chi connectivity index (χ3v) is 5.82. The van der Waals surface area contributed by atoms with Crippen molar-refractivity contribution in [3.63, 3.8) is 0 Å². The Morgan fingerprint density at radius 2 is 1.67 bits per heavy atom. The Hall–Kier alpha value is -3.25. The number of hydrogen-bond donors (Lipinski definition) is 1. The molecule has 1 N–H and O–H groups in total. The van der Waals surface area contributed by atoms with Gasteiger partial charge in [0.25, 0.3) is 11.8 Å². The van der Waals surface area contributed by atoms with Crippen LogP contribution in [0, 0.1) is 5.82 Å². The monoisotopic (exact) mass is 420 g/mol. The van der Waals surface area contributed by atoms with Gasteiger partial charge < -0.3 is 5.32 Å². The normalized spacial score (nSPS) is 14.6. The van der Waals surface area contributed by atoms with Crippen molar-refractivity contribution >= 4 is 40.1 Å². The van der Waals surface area contributed by atoms with Gasteiger partial charge in [0.2, 0.25) is 0 Å². The van der Waals surface area contributed by atoms with Gasteiger partial charge in [0.15, 0.2) is 0 Å². The summed E-state index contributed by atoms with van der Waals surface area (Å²) in [5, 5.41) is 4.82. The van der Waals surface area contributed by atoms with Gasteiger partial charge in [0.05, 0.1) is 11.3 Å². The molecular weight excluding hydrogens is 399 g/mol. The largest absolute Gasteiger partial charge is 0.350 e. The van der Waals surface area contributed by atoms with Crippen molar-refractivity contribution in [1.82, 2.24) is 0 Å². The van der Waals surface area contributed by atoms with Gasteiger partial charge in [-0.15, -0.1) is 11.3 Å². The Morgan fingerprint density at radius 1 is 0.933 bits per heavy atom. The van der Waals surface area contributed by atoms with E-state index in [1.807, 2.05) is 23.6 Å². The molecule has 30 heavy (non-hydrogen) atoms. The third kappa shape index (κ3) is 3.66. The number of rotatable bonds is 4. The molecule has 1 aliphatic heterocycles. The number of hydrogen-bond acceptors (Lipinski definition) is 4. The minimum Gasteiger partial charge on any atom is -0.350 e. The zero-order chi connectivity index (χ0) is 21.5. The Morgan fingerprint density at radius 3 is 2.27 bits per heavy atom. The van der Waals surface area contributed by atoms with Gasteiger partial charge in [0, 0.05) is 10.6 Å². The Bertz CT molecular complexity index is 1140. The van der Waals surface area contributed by atoms with E-state index in [-0.39, 0.29) is 11.1 Å². The highest BCUT2D eigenvalue weighted by molar-refractivity contribution is 7.11. The second-order valence-corrected chi connectivity index (χ2v) is 9.05. The molecule has 6 heteroatoms. The number of nitrogens with zero attached hydrogens (tertiary/aromatic N) is 1. The Balaban J connectivity index is 1.75. The van der Waals surface area contributed by atoms with Gasteiger partial charge in [-0.05, 0) is 52.8 Å². The summed E-state index contributed by atoms with van der Waals surface area (Å²) in [6, 6.07) is 16.9. The molecule has 2 amide bonds. The standard InChI is InChI=1S/C24H21FN2O2S/c1-24(2,3)15-9-11-18(12-10-15)27-22(28)20(19-8-5-13-30-19)21(23(27)29)26-17-7-4-6-16(25)14-17/h4-14,26H,1-3H3. The number of nitrogens with one attached hydrogen (secondary N) is 1. The van der Waals surface area contributed by atoms with Crippen LogP contribution < -0.4 is 10.2 Å².